The number of benzene rings is 3. The number of aliphatic imine (C=N–C) groups is 2. The number of amides is 1. The molecule has 37 heavy (non-hydrogen) atoms. The summed E-state index contributed by atoms with van der Waals surface area (Å²) in [5.74, 6) is 0.942. The Balaban J connectivity index is 1.16. The van der Waals surface area contributed by atoms with Crippen LogP contribution in [-0.2, 0) is 4.79 Å². The molecule has 0 saturated carbocycles. The molecule has 1 saturated heterocycles. The standard InChI is InChI=1S/C30H29N5O2/c36-29(21-34-15-17-35(18-16-34)24-12-5-2-6-13-24)33-30-31-25(22-9-3-1-4-10-22)20-26(32-30)28-19-23-11-7-8-14-27(23)37-28/h1-14,19,25H,15-18,20-21H2,(H,31,33,36). The maximum atomic E-state index is 13.0. The Kier molecular flexibility index (Phi) is 6.52. The molecule has 1 amide bonds. The zero-order chi connectivity index (χ0) is 25.0. The summed E-state index contributed by atoms with van der Waals surface area (Å²) in [7, 11) is 0. The maximum absolute atomic E-state index is 13.0. The highest BCUT2D eigenvalue weighted by Gasteiger charge is 2.25. The minimum absolute atomic E-state index is 0.103. The first-order valence-corrected chi connectivity index (χ1v) is 12.7. The summed E-state index contributed by atoms with van der Waals surface area (Å²) in [6.45, 7) is 3.75. The van der Waals surface area contributed by atoms with Gasteiger partial charge in [0.25, 0.3) is 0 Å². The molecule has 2 aliphatic rings. The Hall–Kier alpha value is -4.23. The van der Waals surface area contributed by atoms with Crippen molar-refractivity contribution in [1.82, 2.24) is 10.2 Å². The molecule has 0 bridgehead atoms. The van der Waals surface area contributed by atoms with Crippen molar-refractivity contribution in [2.75, 3.05) is 37.6 Å². The van der Waals surface area contributed by atoms with Gasteiger partial charge in [0.2, 0.25) is 11.9 Å². The van der Waals surface area contributed by atoms with E-state index in [1.165, 1.54) is 5.69 Å². The number of carbonyl (C=O) groups excluding carboxylic acids is 1. The summed E-state index contributed by atoms with van der Waals surface area (Å²) < 4.78 is 6.10. The number of piperazine rings is 1. The van der Waals surface area contributed by atoms with Gasteiger partial charge in [-0.1, -0.05) is 66.7 Å². The smallest absolute Gasteiger partial charge is 0.240 e. The Morgan fingerprint density at radius 2 is 1.59 bits per heavy atom. The van der Waals surface area contributed by atoms with Gasteiger partial charge in [0.1, 0.15) is 11.3 Å². The molecule has 7 heteroatoms. The van der Waals surface area contributed by atoms with E-state index in [0.29, 0.717) is 24.7 Å². The van der Waals surface area contributed by atoms with E-state index in [-0.39, 0.29) is 11.9 Å². The van der Waals surface area contributed by atoms with E-state index in [1.54, 1.807) is 0 Å². The second kappa shape index (κ2) is 10.4. The van der Waals surface area contributed by atoms with Gasteiger partial charge in [-0.2, -0.15) is 0 Å². The SMILES string of the molecule is O=C(CN1CCN(c2ccccc2)CC1)NC1=NC(c2ccccc2)CC(c2cc3ccccc3o2)=N1. The number of hydrogen-bond donors (Lipinski definition) is 1. The first kappa shape index (κ1) is 23.2. The van der Waals surface area contributed by atoms with Gasteiger partial charge in [-0.15, -0.1) is 0 Å². The van der Waals surface area contributed by atoms with E-state index in [2.05, 4.69) is 51.5 Å². The molecule has 1 atom stereocenters. The van der Waals surface area contributed by atoms with Crippen LogP contribution >= 0.6 is 0 Å². The normalized spacial score (nSPS) is 18.4. The van der Waals surface area contributed by atoms with Crippen LogP contribution in [0.25, 0.3) is 11.0 Å². The number of guanidine groups is 1. The molecular weight excluding hydrogens is 462 g/mol. The lowest BCUT2D eigenvalue weighted by Crippen LogP contribution is -2.50. The highest BCUT2D eigenvalue weighted by molar-refractivity contribution is 6.11. The number of anilines is 1. The van der Waals surface area contributed by atoms with Gasteiger partial charge in [-0.3, -0.25) is 15.0 Å². The van der Waals surface area contributed by atoms with Gasteiger partial charge in [0, 0.05) is 43.7 Å². The molecule has 4 aromatic rings. The lowest BCUT2D eigenvalue weighted by molar-refractivity contribution is -0.120. The first-order chi connectivity index (χ1) is 18.2. The third-order valence-corrected chi connectivity index (χ3v) is 6.91. The van der Waals surface area contributed by atoms with Crippen molar-refractivity contribution in [2.24, 2.45) is 9.98 Å². The highest BCUT2D eigenvalue weighted by Crippen LogP contribution is 2.29. The Morgan fingerprint density at radius 1 is 0.892 bits per heavy atom. The van der Waals surface area contributed by atoms with Crippen LogP contribution in [0.1, 0.15) is 23.8 Å². The lowest BCUT2D eigenvalue weighted by Gasteiger charge is -2.35. The van der Waals surface area contributed by atoms with Crippen molar-refractivity contribution in [3.8, 4) is 0 Å². The van der Waals surface area contributed by atoms with Gasteiger partial charge < -0.3 is 9.32 Å². The van der Waals surface area contributed by atoms with Crippen molar-refractivity contribution in [2.45, 2.75) is 12.5 Å². The van der Waals surface area contributed by atoms with E-state index in [0.717, 1.165) is 48.4 Å². The molecule has 7 nitrogen and oxygen atoms in total. The lowest BCUT2D eigenvalue weighted by atomic mass is 9.99. The molecule has 1 unspecified atom stereocenters. The first-order valence-electron chi connectivity index (χ1n) is 12.7. The van der Waals surface area contributed by atoms with Gasteiger partial charge in [0.05, 0.1) is 18.3 Å². The minimum Gasteiger partial charge on any atom is -0.455 e. The molecule has 2 aliphatic heterocycles. The monoisotopic (exact) mass is 491 g/mol. The summed E-state index contributed by atoms with van der Waals surface area (Å²) in [5.41, 5.74) is 3.91. The largest absolute Gasteiger partial charge is 0.455 e. The predicted octanol–water partition coefficient (Wildman–Crippen LogP) is 4.66. The quantitative estimate of drug-likeness (QED) is 0.441. The number of fused-ring (bicyclic) bond motifs is 1. The minimum atomic E-state index is -0.147. The molecule has 0 aliphatic carbocycles. The van der Waals surface area contributed by atoms with Crippen LogP contribution in [0.2, 0.25) is 0 Å². The fraction of sp³-hybridized carbons (Fsp3) is 0.233. The molecule has 0 spiro atoms. The molecule has 6 rings (SSSR count). The maximum Gasteiger partial charge on any atom is 0.240 e. The molecular formula is C30H29N5O2. The van der Waals surface area contributed by atoms with Crippen LogP contribution in [0.3, 0.4) is 0 Å². The van der Waals surface area contributed by atoms with Crippen LogP contribution in [0.4, 0.5) is 5.69 Å². The third-order valence-electron chi connectivity index (χ3n) is 6.91. The molecule has 3 aromatic carbocycles. The molecule has 3 heterocycles. The average molecular weight is 492 g/mol. The Morgan fingerprint density at radius 3 is 2.35 bits per heavy atom. The number of furan rings is 1. The van der Waals surface area contributed by atoms with Crippen LogP contribution in [-0.4, -0.2) is 55.2 Å². The molecule has 0 radical (unpaired) electrons. The summed E-state index contributed by atoms with van der Waals surface area (Å²) in [6.07, 6.45) is 0.602. The summed E-state index contributed by atoms with van der Waals surface area (Å²) in [6, 6.07) is 30.3. The predicted molar refractivity (Wildman–Crippen MR) is 147 cm³/mol. The van der Waals surface area contributed by atoms with E-state index in [4.69, 9.17) is 14.4 Å². The van der Waals surface area contributed by atoms with Crippen molar-refractivity contribution in [3.63, 3.8) is 0 Å². The topological polar surface area (TPSA) is 73.4 Å². The number of rotatable bonds is 5. The second-order valence-electron chi connectivity index (χ2n) is 9.44. The van der Waals surface area contributed by atoms with Crippen LogP contribution in [0.5, 0.6) is 0 Å². The number of nitrogens with one attached hydrogen (secondary N) is 1. The van der Waals surface area contributed by atoms with E-state index < -0.39 is 0 Å². The molecule has 1 N–H and O–H groups in total. The Bertz CT molecular complexity index is 1400. The van der Waals surface area contributed by atoms with Crippen LogP contribution in [0.15, 0.2) is 105 Å². The summed E-state index contributed by atoms with van der Waals surface area (Å²) in [5, 5.41) is 4.00. The average Bonchev–Trinajstić information content (AvgIpc) is 3.39. The van der Waals surface area contributed by atoms with Gasteiger partial charge in [-0.05, 0) is 29.8 Å². The fourth-order valence-corrected chi connectivity index (χ4v) is 4.96. The second-order valence-corrected chi connectivity index (χ2v) is 9.44. The number of carbonyl (C=O) groups is 1. The van der Waals surface area contributed by atoms with Crippen LogP contribution < -0.4 is 10.2 Å². The van der Waals surface area contributed by atoms with Gasteiger partial charge in [-0.25, -0.2) is 9.98 Å². The molecule has 1 fully saturated rings. The number of hydrogen-bond acceptors (Lipinski definition) is 6. The number of para-hydroxylation sites is 2. The van der Waals surface area contributed by atoms with E-state index in [1.807, 2.05) is 54.6 Å². The van der Waals surface area contributed by atoms with E-state index >= 15 is 0 Å². The van der Waals surface area contributed by atoms with Gasteiger partial charge in [0.15, 0.2) is 0 Å². The van der Waals surface area contributed by atoms with Crippen molar-refractivity contribution in [1.29, 1.82) is 0 Å². The van der Waals surface area contributed by atoms with E-state index in [9.17, 15) is 4.79 Å². The van der Waals surface area contributed by atoms with Crippen LogP contribution in [0, 0.1) is 0 Å². The summed E-state index contributed by atoms with van der Waals surface area (Å²) >= 11 is 0. The zero-order valence-electron chi connectivity index (χ0n) is 20.6. The summed E-state index contributed by atoms with van der Waals surface area (Å²) in [4.78, 5) is 27.1. The third kappa shape index (κ3) is 5.32. The Labute approximate surface area is 216 Å². The fourth-order valence-electron chi connectivity index (χ4n) is 4.96. The van der Waals surface area contributed by atoms with Crippen molar-refractivity contribution >= 4 is 34.2 Å². The van der Waals surface area contributed by atoms with Gasteiger partial charge >= 0.3 is 0 Å². The van der Waals surface area contributed by atoms with Crippen molar-refractivity contribution in [3.05, 3.63) is 102 Å². The number of nitrogens with zero attached hydrogens (tertiary/aromatic N) is 4. The van der Waals surface area contributed by atoms with Crippen molar-refractivity contribution < 1.29 is 9.21 Å². The molecule has 186 valence electrons. The zero-order valence-corrected chi connectivity index (χ0v) is 20.6. The molecule has 1 aromatic heterocycles. The highest BCUT2D eigenvalue weighted by atomic mass is 16.3.